The minimum Gasteiger partial charge on any atom is -0.496 e. The number of guanidine groups is 1. The molecular formula is C21H23N5O4. The van der Waals surface area contributed by atoms with Crippen molar-refractivity contribution in [1.29, 1.82) is 0 Å². The molecule has 1 aromatic heterocycles. The third-order valence-corrected chi connectivity index (χ3v) is 4.19. The number of carbonyl (C=O) groups is 1. The number of methoxy groups -OCH3 is 2. The van der Waals surface area contributed by atoms with Crippen LogP contribution in [0.25, 0.3) is 11.3 Å². The number of aliphatic imine (C=N–C) groups is 1. The zero-order valence-electron chi connectivity index (χ0n) is 17.0. The SMILES string of the molecule is COc1cccc(OC)c1CN(OC(C)=O)/C(N)=N/c1ncc(-c2ccccc2)[nH]1. The fourth-order valence-corrected chi connectivity index (χ4v) is 2.84. The number of hydrogen-bond donors (Lipinski definition) is 2. The van der Waals surface area contributed by atoms with Crippen molar-refractivity contribution in [2.24, 2.45) is 10.7 Å². The van der Waals surface area contributed by atoms with E-state index in [4.69, 9.17) is 20.0 Å². The smallest absolute Gasteiger partial charge is 0.329 e. The normalized spacial score (nSPS) is 11.1. The average Bonchev–Trinajstić information content (AvgIpc) is 3.22. The highest BCUT2D eigenvalue weighted by Crippen LogP contribution is 2.30. The van der Waals surface area contributed by atoms with E-state index in [1.54, 1.807) is 38.6 Å². The summed E-state index contributed by atoms with van der Waals surface area (Å²) < 4.78 is 10.8. The molecule has 9 nitrogen and oxygen atoms in total. The van der Waals surface area contributed by atoms with E-state index in [1.165, 1.54) is 6.92 Å². The van der Waals surface area contributed by atoms with Gasteiger partial charge in [0.1, 0.15) is 11.5 Å². The molecule has 0 radical (unpaired) electrons. The lowest BCUT2D eigenvalue weighted by Crippen LogP contribution is -2.38. The molecule has 0 atom stereocenters. The lowest BCUT2D eigenvalue weighted by Gasteiger charge is -2.23. The zero-order chi connectivity index (χ0) is 21.5. The third kappa shape index (κ3) is 4.88. The Labute approximate surface area is 174 Å². The predicted molar refractivity (Wildman–Crippen MR) is 112 cm³/mol. The van der Waals surface area contributed by atoms with E-state index in [-0.39, 0.29) is 18.5 Å². The molecular weight excluding hydrogens is 386 g/mol. The molecule has 30 heavy (non-hydrogen) atoms. The first kappa shape index (κ1) is 20.7. The fourth-order valence-electron chi connectivity index (χ4n) is 2.84. The van der Waals surface area contributed by atoms with Crippen molar-refractivity contribution in [2.45, 2.75) is 13.5 Å². The maximum absolute atomic E-state index is 11.6. The molecule has 1 heterocycles. The molecule has 0 spiro atoms. The van der Waals surface area contributed by atoms with Gasteiger partial charge in [-0.05, 0) is 17.7 Å². The Morgan fingerprint density at radius 3 is 2.37 bits per heavy atom. The van der Waals surface area contributed by atoms with E-state index in [2.05, 4.69) is 15.0 Å². The minimum atomic E-state index is -0.550. The van der Waals surface area contributed by atoms with Crippen LogP contribution in [0.3, 0.4) is 0 Å². The Kier molecular flexibility index (Phi) is 6.53. The Balaban J connectivity index is 1.89. The summed E-state index contributed by atoms with van der Waals surface area (Å²) in [6, 6.07) is 15.0. The van der Waals surface area contributed by atoms with Crippen molar-refractivity contribution in [2.75, 3.05) is 14.2 Å². The van der Waals surface area contributed by atoms with Gasteiger partial charge in [0, 0.05) is 6.92 Å². The highest BCUT2D eigenvalue weighted by atomic mass is 16.7. The van der Waals surface area contributed by atoms with Crippen molar-refractivity contribution < 1.29 is 19.1 Å². The third-order valence-electron chi connectivity index (χ3n) is 4.19. The van der Waals surface area contributed by atoms with E-state index < -0.39 is 5.97 Å². The predicted octanol–water partition coefficient (Wildman–Crippen LogP) is 3.02. The van der Waals surface area contributed by atoms with Gasteiger partial charge in [0.15, 0.2) is 0 Å². The van der Waals surface area contributed by atoms with Gasteiger partial charge in [-0.15, -0.1) is 0 Å². The molecule has 0 aliphatic heterocycles. The van der Waals surface area contributed by atoms with Crippen LogP contribution in [0.2, 0.25) is 0 Å². The number of nitrogens with one attached hydrogen (secondary N) is 1. The van der Waals surface area contributed by atoms with Crippen LogP contribution in [0.1, 0.15) is 12.5 Å². The Morgan fingerprint density at radius 2 is 1.77 bits per heavy atom. The van der Waals surface area contributed by atoms with Crippen LogP contribution in [0.5, 0.6) is 11.5 Å². The molecule has 3 N–H and O–H groups in total. The van der Waals surface area contributed by atoms with Crippen LogP contribution in [0.4, 0.5) is 5.95 Å². The molecule has 0 aliphatic carbocycles. The monoisotopic (exact) mass is 409 g/mol. The summed E-state index contributed by atoms with van der Waals surface area (Å²) in [5.74, 6) is 0.779. The molecule has 0 bridgehead atoms. The highest BCUT2D eigenvalue weighted by Gasteiger charge is 2.19. The number of hydrogen-bond acceptors (Lipinski definition) is 6. The highest BCUT2D eigenvalue weighted by molar-refractivity contribution is 5.81. The number of carbonyl (C=O) groups excluding carboxylic acids is 1. The number of hydroxylamine groups is 2. The van der Waals surface area contributed by atoms with Gasteiger partial charge in [-0.3, -0.25) is 4.79 Å². The van der Waals surface area contributed by atoms with E-state index in [0.29, 0.717) is 17.1 Å². The Bertz CT molecular complexity index is 1010. The number of aromatic nitrogens is 2. The lowest BCUT2D eigenvalue weighted by molar-refractivity contribution is -0.172. The number of benzene rings is 2. The lowest BCUT2D eigenvalue weighted by atomic mass is 10.1. The van der Waals surface area contributed by atoms with Crippen molar-refractivity contribution in [3.05, 3.63) is 60.3 Å². The summed E-state index contributed by atoms with van der Waals surface area (Å²) in [7, 11) is 3.08. The van der Waals surface area contributed by atoms with Gasteiger partial charge in [0.05, 0.1) is 38.2 Å². The van der Waals surface area contributed by atoms with Crippen LogP contribution in [-0.2, 0) is 16.2 Å². The topological polar surface area (TPSA) is 115 Å². The maximum Gasteiger partial charge on any atom is 0.329 e. The molecule has 0 saturated heterocycles. The quantitative estimate of drug-likeness (QED) is 0.365. The molecule has 0 saturated carbocycles. The number of ether oxygens (including phenoxy) is 2. The van der Waals surface area contributed by atoms with E-state index in [1.807, 2.05) is 30.3 Å². The Hall–Kier alpha value is -4.01. The second-order valence-electron chi connectivity index (χ2n) is 6.22. The molecule has 3 rings (SSSR count). The summed E-state index contributed by atoms with van der Waals surface area (Å²) in [5, 5.41) is 1.16. The van der Waals surface area contributed by atoms with Gasteiger partial charge in [0.2, 0.25) is 11.9 Å². The first-order chi connectivity index (χ1) is 14.5. The van der Waals surface area contributed by atoms with Crippen molar-refractivity contribution in [3.63, 3.8) is 0 Å². The first-order valence-electron chi connectivity index (χ1n) is 9.12. The van der Waals surface area contributed by atoms with Gasteiger partial charge in [-0.2, -0.15) is 10.1 Å². The summed E-state index contributed by atoms with van der Waals surface area (Å²) in [5.41, 5.74) is 8.52. The molecule has 2 aromatic carbocycles. The average molecular weight is 409 g/mol. The molecule has 0 aliphatic rings. The second-order valence-corrected chi connectivity index (χ2v) is 6.22. The van der Waals surface area contributed by atoms with Crippen LogP contribution in [0, 0.1) is 0 Å². The fraction of sp³-hybridized carbons (Fsp3) is 0.190. The molecule has 0 amide bonds. The van der Waals surface area contributed by atoms with E-state index in [9.17, 15) is 4.79 Å². The van der Waals surface area contributed by atoms with E-state index in [0.717, 1.165) is 16.3 Å². The number of H-pyrrole nitrogens is 1. The van der Waals surface area contributed by atoms with Gasteiger partial charge >= 0.3 is 5.97 Å². The number of aromatic amines is 1. The van der Waals surface area contributed by atoms with Crippen LogP contribution < -0.4 is 15.2 Å². The summed E-state index contributed by atoms with van der Waals surface area (Å²) in [6.07, 6.45) is 1.65. The number of nitrogens with zero attached hydrogens (tertiary/aromatic N) is 3. The molecule has 0 fully saturated rings. The maximum atomic E-state index is 11.6. The minimum absolute atomic E-state index is 0.0629. The van der Waals surface area contributed by atoms with Gasteiger partial charge in [0.25, 0.3) is 0 Å². The second kappa shape index (κ2) is 9.46. The van der Waals surface area contributed by atoms with Gasteiger partial charge in [-0.1, -0.05) is 36.4 Å². The zero-order valence-corrected chi connectivity index (χ0v) is 17.0. The Morgan fingerprint density at radius 1 is 1.10 bits per heavy atom. The van der Waals surface area contributed by atoms with Crippen molar-refractivity contribution >= 4 is 17.9 Å². The molecule has 9 heteroatoms. The molecule has 0 unspecified atom stereocenters. The first-order valence-corrected chi connectivity index (χ1v) is 9.12. The number of nitrogens with two attached hydrogens (primary N) is 1. The van der Waals surface area contributed by atoms with Crippen LogP contribution in [0.15, 0.2) is 59.7 Å². The van der Waals surface area contributed by atoms with Crippen molar-refractivity contribution in [1.82, 2.24) is 15.0 Å². The summed E-state index contributed by atoms with van der Waals surface area (Å²) >= 11 is 0. The van der Waals surface area contributed by atoms with Gasteiger partial charge < -0.3 is 25.0 Å². The standard InChI is InChI=1S/C21H23N5O4/c1-14(27)30-26(13-16-18(28-2)10-7-11-19(16)29-3)20(22)25-21-23-12-17(24-21)15-8-5-4-6-9-15/h4-12H,13H2,1-3H3,(H3,22,23,24,25). The van der Waals surface area contributed by atoms with E-state index >= 15 is 0 Å². The molecule has 3 aromatic rings. The largest absolute Gasteiger partial charge is 0.496 e. The van der Waals surface area contributed by atoms with Crippen LogP contribution >= 0.6 is 0 Å². The summed E-state index contributed by atoms with van der Waals surface area (Å²) in [4.78, 5) is 28.5. The van der Waals surface area contributed by atoms with Crippen molar-refractivity contribution in [3.8, 4) is 22.8 Å². The van der Waals surface area contributed by atoms with Gasteiger partial charge in [-0.25, -0.2) is 4.98 Å². The number of rotatable bonds is 6. The number of imidazole rings is 1. The summed E-state index contributed by atoms with van der Waals surface area (Å²) in [6.45, 7) is 1.34. The van der Waals surface area contributed by atoms with Crippen LogP contribution in [-0.4, -0.2) is 41.2 Å². The molecule has 156 valence electrons.